The van der Waals surface area contributed by atoms with Crippen LogP contribution in [0.4, 0.5) is 0 Å². The predicted octanol–water partition coefficient (Wildman–Crippen LogP) is 2.79. The molecule has 0 amide bonds. The van der Waals surface area contributed by atoms with E-state index >= 15 is 0 Å². The molecule has 1 aromatic rings. The van der Waals surface area contributed by atoms with Crippen molar-refractivity contribution in [3.8, 4) is 0 Å². The molecule has 13 heavy (non-hydrogen) atoms. The molecule has 0 unspecified atom stereocenters. The van der Waals surface area contributed by atoms with Gasteiger partial charge in [-0.05, 0) is 24.8 Å². The van der Waals surface area contributed by atoms with Gasteiger partial charge in [-0.3, -0.25) is 0 Å². The third-order valence-corrected chi connectivity index (χ3v) is 2.04. The summed E-state index contributed by atoms with van der Waals surface area (Å²) in [6.45, 7) is 0.325. The Morgan fingerprint density at radius 3 is 2.46 bits per heavy atom. The second-order valence-electron chi connectivity index (χ2n) is 3.19. The van der Waals surface area contributed by atoms with Crippen molar-refractivity contribution in [2.75, 3.05) is 6.61 Å². The van der Waals surface area contributed by atoms with E-state index in [1.165, 1.54) is 12.0 Å². The molecular formula is C12H17O. The molecule has 71 valence electrons. The zero-order valence-corrected chi connectivity index (χ0v) is 7.95. The molecule has 0 aromatic heterocycles. The lowest BCUT2D eigenvalue weighted by Crippen LogP contribution is -1.85. The van der Waals surface area contributed by atoms with Crippen LogP contribution in [0.3, 0.4) is 0 Å². The van der Waals surface area contributed by atoms with Crippen LogP contribution in [-0.4, -0.2) is 11.7 Å². The van der Waals surface area contributed by atoms with Gasteiger partial charge < -0.3 is 5.11 Å². The Morgan fingerprint density at radius 1 is 1.00 bits per heavy atom. The number of hydrogen-bond donors (Lipinski definition) is 1. The molecule has 0 fully saturated rings. The van der Waals surface area contributed by atoms with Crippen molar-refractivity contribution < 1.29 is 5.11 Å². The lowest BCUT2D eigenvalue weighted by atomic mass is 10.1. The number of benzene rings is 1. The number of aliphatic hydroxyl groups is 1. The average molecular weight is 177 g/mol. The summed E-state index contributed by atoms with van der Waals surface area (Å²) in [5, 5.41) is 8.57. The van der Waals surface area contributed by atoms with E-state index < -0.39 is 0 Å². The third-order valence-electron chi connectivity index (χ3n) is 2.04. The van der Waals surface area contributed by atoms with Crippen molar-refractivity contribution in [3.05, 3.63) is 42.3 Å². The van der Waals surface area contributed by atoms with E-state index in [-0.39, 0.29) is 0 Å². The van der Waals surface area contributed by atoms with Crippen molar-refractivity contribution in [1.82, 2.24) is 0 Å². The van der Waals surface area contributed by atoms with Crippen molar-refractivity contribution in [2.45, 2.75) is 25.7 Å². The Balaban J connectivity index is 2.07. The minimum atomic E-state index is 0.325. The van der Waals surface area contributed by atoms with E-state index in [4.69, 9.17) is 5.11 Å². The van der Waals surface area contributed by atoms with E-state index in [1.54, 1.807) is 0 Å². The zero-order valence-electron chi connectivity index (χ0n) is 7.95. The highest BCUT2D eigenvalue weighted by molar-refractivity contribution is 5.21. The first-order chi connectivity index (χ1) is 6.43. The first kappa shape index (κ1) is 10.3. The SMILES string of the molecule is OCCCCC[CH]c1ccccc1. The summed E-state index contributed by atoms with van der Waals surface area (Å²) in [6, 6.07) is 10.4. The fraction of sp³-hybridized carbons (Fsp3) is 0.417. The maximum absolute atomic E-state index is 8.57. The second-order valence-corrected chi connectivity index (χ2v) is 3.19. The first-order valence-electron chi connectivity index (χ1n) is 4.92. The third kappa shape index (κ3) is 4.69. The lowest BCUT2D eigenvalue weighted by Gasteiger charge is -1.99. The molecule has 0 aliphatic heterocycles. The highest BCUT2D eigenvalue weighted by Gasteiger charge is 1.92. The summed E-state index contributed by atoms with van der Waals surface area (Å²) in [5.74, 6) is 0. The van der Waals surface area contributed by atoms with Crippen molar-refractivity contribution in [3.63, 3.8) is 0 Å². The predicted molar refractivity (Wildman–Crippen MR) is 55.4 cm³/mol. The Hall–Kier alpha value is -0.820. The summed E-state index contributed by atoms with van der Waals surface area (Å²) < 4.78 is 0. The largest absolute Gasteiger partial charge is 0.396 e. The van der Waals surface area contributed by atoms with E-state index in [0.717, 1.165) is 19.3 Å². The van der Waals surface area contributed by atoms with Crippen LogP contribution in [0.1, 0.15) is 31.2 Å². The topological polar surface area (TPSA) is 20.2 Å². The Morgan fingerprint density at radius 2 is 1.77 bits per heavy atom. The van der Waals surface area contributed by atoms with Gasteiger partial charge in [-0.25, -0.2) is 0 Å². The molecule has 0 bridgehead atoms. The molecule has 0 spiro atoms. The van der Waals surface area contributed by atoms with E-state index in [9.17, 15) is 0 Å². The van der Waals surface area contributed by atoms with Gasteiger partial charge in [-0.2, -0.15) is 0 Å². The standard InChI is InChI=1S/C12H17O/c13-11-7-2-1-4-8-12-9-5-3-6-10-12/h3,5-6,8-10,13H,1-2,4,7,11H2. The molecular weight excluding hydrogens is 160 g/mol. The van der Waals surface area contributed by atoms with Crippen LogP contribution < -0.4 is 0 Å². The van der Waals surface area contributed by atoms with E-state index in [0.29, 0.717) is 6.61 Å². The van der Waals surface area contributed by atoms with Gasteiger partial charge in [0.2, 0.25) is 0 Å². The summed E-state index contributed by atoms with van der Waals surface area (Å²) in [7, 11) is 0. The van der Waals surface area contributed by atoms with Crippen LogP contribution >= 0.6 is 0 Å². The van der Waals surface area contributed by atoms with E-state index in [1.807, 2.05) is 6.07 Å². The molecule has 1 aromatic carbocycles. The van der Waals surface area contributed by atoms with Crippen LogP contribution in [-0.2, 0) is 0 Å². The number of unbranched alkanes of at least 4 members (excludes halogenated alkanes) is 3. The molecule has 1 N–H and O–H groups in total. The highest BCUT2D eigenvalue weighted by atomic mass is 16.2. The molecule has 1 radical (unpaired) electrons. The van der Waals surface area contributed by atoms with Gasteiger partial charge in [0.15, 0.2) is 0 Å². The number of hydrogen-bond acceptors (Lipinski definition) is 1. The summed E-state index contributed by atoms with van der Waals surface area (Å²) >= 11 is 0. The number of rotatable bonds is 6. The van der Waals surface area contributed by atoms with Crippen molar-refractivity contribution in [2.24, 2.45) is 0 Å². The molecule has 0 aliphatic carbocycles. The fourth-order valence-corrected chi connectivity index (χ4v) is 1.29. The molecule has 0 aliphatic rings. The Kier molecular flexibility index (Phi) is 5.27. The average Bonchev–Trinajstić information content (AvgIpc) is 2.19. The maximum Gasteiger partial charge on any atom is 0.0431 e. The number of aliphatic hydroxyl groups excluding tert-OH is 1. The fourth-order valence-electron chi connectivity index (χ4n) is 1.29. The van der Waals surface area contributed by atoms with Gasteiger partial charge >= 0.3 is 0 Å². The van der Waals surface area contributed by atoms with Gasteiger partial charge in [0.05, 0.1) is 0 Å². The molecule has 0 saturated heterocycles. The van der Waals surface area contributed by atoms with Crippen molar-refractivity contribution in [1.29, 1.82) is 0 Å². The van der Waals surface area contributed by atoms with Gasteiger partial charge in [0, 0.05) is 6.61 Å². The lowest BCUT2D eigenvalue weighted by molar-refractivity contribution is 0.283. The monoisotopic (exact) mass is 177 g/mol. The minimum absolute atomic E-state index is 0.325. The van der Waals surface area contributed by atoms with Gasteiger partial charge in [-0.1, -0.05) is 43.2 Å². The molecule has 0 atom stereocenters. The van der Waals surface area contributed by atoms with Gasteiger partial charge in [0.25, 0.3) is 0 Å². The van der Waals surface area contributed by atoms with Crippen LogP contribution in [0.25, 0.3) is 0 Å². The van der Waals surface area contributed by atoms with Gasteiger partial charge in [0.1, 0.15) is 0 Å². The molecule has 1 nitrogen and oxygen atoms in total. The first-order valence-corrected chi connectivity index (χ1v) is 4.92. The van der Waals surface area contributed by atoms with Gasteiger partial charge in [-0.15, -0.1) is 0 Å². The summed E-state index contributed by atoms with van der Waals surface area (Å²) in [4.78, 5) is 0. The van der Waals surface area contributed by atoms with Crippen LogP contribution in [0.15, 0.2) is 30.3 Å². The Labute approximate surface area is 80.4 Å². The summed E-state index contributed by atoms with van der Waals surface area (Å²) in [6.07, 6.45) is 6.60. The zero-order chi connectivity index (χ0) is 9.36. The molecule has 0 saturated carbocycles. The normalized spacial score (nSPS) is 10.2. The molecule has 1 rings (SSSR count). The van der Waals surface area contributed by atoms with Crippen molar-refractivity contribution >= 4 is 0 Å². The molecule has 0 heterocycles. The van der Waals surface area contributed by atoms with E-state index in [2.05, 4.69) is 30.7 Å². The highest BCUT2D eigenvalue weighted by Crippen LogP contribution is 2.09. The smallest absolute Gasteiger partial charge is 0.0431 e. The molecule has 1 heteroatoms. The second kappa shape index (κ2) is 6.67. The maximum atomic E-state index is 8.57. The van der Waals surface area contributed by atoms with Crippen LogP contribution in [0.5, 0.6) is 0 Å². The summed E-state index contributed by atoms with van der Waals surface area (Å²) in [5.41, 5.74) is 1.30. The van der Waals surface area contributed by atoms with Crippen LogP contribution in [0, 0.1) is 6.42 Å². The quantitative estimate of drug-likeness (QED) is 0.662. The minimum Gasteiger partial charge on any atom is -0.396 e. The Bertz CT molecular complexity index is 206. The van der Waals surface area contributed by atoms with Crippen LogP contribution in [0.2, 0.25) is 0 Å².